The molecule has 4 N–H and O–H groups in total. The highest BCUT2D eigenvalue weighted by Crippen LogP contribution is 2.15. The van der Waals surface area contributed by atoms with E-state index in [1.54, 1.807) is 11.4 Å². The largest absolute Gasteiger partial charge is 0.348 e. The van der Waals surface area contributed by atoms with E-state index in [1.165, 1.54) is 6.07 Å². The number of carbonyl (C=O) groups is 1. The van der Waals surface area contributed by atoms with E-state index in [0.29, 0.717) is 19.4 Å². The van der Waals surface area contributed by atoms with Crippen LogP contribution < -0.4 is 15.8 Å². The molecule has 0 aliphatic carbocycles. The highest BCUT2D eigenvalue weighted by Gasteiger charge is 2.26. The van der Waals surface area contributed by atoms with Gasteiger partial charge in [-0.1, -0.05) is 19.9 Å². The van der Waals surface area contributed by atoms with E-state index in [-0.39, 0.29) is 29.1 Å². The molecule has 6 nitrogen and oxygen atoms in total. The summed E-state index contributed by atoms with van der Waals surface area (Å²) in [5.41, 5.74) is 5.22. The quantitative estimate of drug-likeness (QED) is 0.649. The molecule has 1 aromatic heterocycles. The van der Waals surface area contributed by atoms with Gasteiger partial charge in [0.05, 0.1) is 12.1 Å². The normalized spacial score (nSPS) is 11.8. The average molecular weight is 356 g/mol. The Labute approximate surface area is 136 Å². The van der Waals surface area contributed by atoms with E-state index in [1.807, 2.05) is 13.8 Å². The molecule has 9 heteroatoms. The smallest absolute Gasteiger partial charge is 0.250 e. The Balaban J connectivity index is 0.00000400. The second kappa shape index (κ2) is 8.70. The summed E-state index contributed by atoms with van der Waals surface area (Å²) in [5, 5.41) is 4.48. The Kier molecular flexibility index (Phi) is 8.42. The minimum atomic E-state index is -3.61. The molecule has 0 saturated carbocycles. The predicted octanol–water partition coefficient (Wildman–Crippen LogP) is 1.08. The van der Waals surface area contributed by atoms with Crippen LogP contribution in [0.5, 0.6) is 0 Å². The maximum absolute atomic E-state index is 11.9. The molecule has 122 valence electrons. The summed E-state index contributed by atoms with van der Waals surface area (Å²) < 4.78 is 26.2. The van der Waals surface area contributed by atoms with E-state index in [9.17, 15) is 13.2 Å². The minimum absolute atomic E-state index is 0. The van der Waals surface area contributed by atoms with Crippen LogP contribution in [0.2, 0.25) is 0 Å². The summed E-state index contributed by atoms with van der Waals surface area (Å²) >= 11 is 1.11. The van der Waals surface area contributed by atoms with Gasteiger partial charge in [-0.25, -0.2) is 13.1 Å². The fourth-order valence-corrected chi connectivity index (χ4v) is 3.77. The molecule has 0 aliphatic rings. The van der Waals surface area contributed by atoms with Crippen molar-refractivity contribution < 1.29 is 13.2 Å². The van der Waals surface area contributed by atoms with Crippen molar-refractivity contribution in [3.05, 3.63) is 17.5 Å². The zero-order valence-electron chi connectivity index (χ0n) is 12.1. The van der Waals surface area contributed by atoms with Crippen LogP contribution in [0.25, 0.3) is 0 Å². The van der Waals surface area contributed by atoms with Gasteiger partial charge in [0.15, 0.2) is 0 Å². The molecule has 0 radical (unpaired) electrons. The summed E-state index contributed by atoms with van der Waals surface area (Å²) in [4.78, 5) is 11.9. The highest BCUT2D eigenvalue weighted by molar-refractivity contribution is 7.91. The van der Waals surface area contributed by atoms with Gasteiger partial charge in [0.1, 0.15) is 4.21 Å². The van der Waals surface area contributed by atoms with Crippen LogP contribution in [0.4, 0.5) is 0 Å². The van der Waals surface area contributed by atoms with Crippen molar-refractivity contribution in [3.8, 4) is 0 Å². The van der Waals surface area contributed by atoms with Gasteiger partial charge in [-0.15, -0.1) is 23.7 Å². The number of hydrogen-bond acceptors (Lipinski definition) is 5. The third-order valence-electron chi connectivity index (χ3n) is 3.33. The SMILES string of the molecule is CCC(CC)(CN)NC(=O)CNS(=O)(=O)c1cccs1.Cl. The van der Waals surface area contributed by atoms with Crippen molar-refractivity contribution in [2.24, 2.45) is 5.73 Å². The molecule has 0 spiro atoms. The van der Waals surface area contributed by atoms with E-state index >= 15 is 0 Å². The Morgan fingerprint density at radius 1 is 1.38 bits per heavy atom. The first kappa shape index (κ1) is 20.3. The fourth-order valence-electron chi connectivity index (χ4n) is 1.75. The van der Waals surface area contributed by atoms with Crippen LogP contribution in [0.15, 0.2) is 21.7 Å². The summed E-state index contributed by atoms with van der Waals surface area (Å²) in [6, 6.07) is 3.14. The number of nitrogens with one attached hydrogen (secondary N) is 2. The minimum Gasteiger partial charge on any atom is -0.348 e. The molecule has 0 bridgehead atoms. The van der Waals surface area contributed by atoms with Gasteiger partial charge < -0.3 is 11.1 Å². The third-order valence-corrected chi connectivity index (χ3v) is 6.13. The lowest BCUT2D eigenvalue weighted by atomic mass is 9.93. The molecule has 0 unspecified atom stereocenters. The van der Waals surface area contributed by atoms with Crippen LogP contribution in [0, 0.1) is 0 Å². The lowest BCUT2D eigenvalue weighted by Gasteiger charge is -2.31. The second-order valence-electron chi connectivity index (χ2n) is 4.50. The fraction of sp³-hybridized carbons (Fsp3) is 0.583. The van der Waals surface area contributed by atoms with Gasteiger partial charge in [-0.2, -0.15) is 0 Å². The number of nitrogens with two attached hydrogens (primary N) is 1. The first-order chi connectivity index (χ1) is 9.39. The Morgan fingerprint density at radius 2 is 2.00 bits per heavy atom. The zero-order valence-corrected chi connectivity index (χ0v) is 14.5. The molecule has 1 amide bonds. The molecule has 0 saturated heterocycles. The molecule has 1 rings (SSSR count). The van der Waals surface area contributed by atoms with Crippen molar-refractivity contribution in [3.63, 3.8) is 0 Å². The Bertz CT molecular complexity index is 520. The third kappa shape index (κ3) is 5.55. The first-order valence-corrected chi connectivity index (χ1v) is 8.79. The number of rotatable bonds is 8. The van der Waals surface area contributed by atoms with Gasteiger partial charge >= 0.3 is 0 Å². The molecule has 0 fully saturated rings. The summed E-state index contributed by atoms with van der Waals surface area (Å²) in [6.45, 7) is 3.91. The maximum atomic E-state index is 11.9. The van der Waals surface area contributed by atoms with E-state index < -0.39 is 15.6 Å². The maximum Gasteiger partial charge on any atom is 0.250 e. The molecule has 0 aliphatic heterocycles. The van der Waals surface area contributed by atoms with Crippen LogP contribution >= 0.6 is 23.7 Å². The number of carbonyl (C=O) groups excluding carboxylic acids is 1. The number of hydrogen-bond donors (Lipinski definition) is 3. The van der Waals surface area contributed by atoms with Crippen LogP contribution in [-0.4, -0.2) is 33.0 Å². The van der Waals surface area contributed by atoms with E-state index in [2.05, 4.69) is 10.0 Å². The van der Waals surface area contributed by atoms with Crippen LogP contribution in [0.1, 0.15) is 26.7 Å². The number of sulfonamides is 1. The summed E-state index contributed by atoms with van der Waals surface area (Å²) in [6.07, 6.45) is 1.40. The van der Waals surface area contributed by atoms with E-state index in [4.69, 9.17) is 5.73 Å². The second-order valence-corrected chi connectivity index (χ2v) is 7.44. The molecule has 0 aromatic carbocycles. The zero-order chi connectivity index (χ0) is 15.2. The average Bonchev–Trinajstić information content (AvgIpc) is 2.98. The highest BCUT2D eigenvalue weighted by atomic mass is 35.5. The van der Waals surface area contributed by atoms with Gasteiger partial charge in [-0.3, -0.25) is 4.79 Å². The van der Waals surface area contributed by atoms with Crippen molar-refractivity contribution in [1.82, 2.24) is 10.0 Å². The first-order valence-electron chi connectivity index (χ1n) is 6.43. The molecule has 1 aromatic rings. The number of amides is 1. The Morgan fingerprint density at radius 3 is 2.43 bits per heavy atom. The van der Waals surface area contributed by atoms with Gasteiger partial charge in [-0.05, 0) is 24.3 Å². The lowest BCUT2D eigenvalue weighted by Crippen LogP contribution is -2.55. The van der Waals surface area contributed by atoms with Gasteiger partial charge in [0.25, 0.3) is 10.0 Å². The Hall–Kier alpha value is -0.670. The molecular weight excluding hydrogens is 334 g/mol. The predicted molar refractivity (Wildman–Crippen MR) is 87.3 cm³/mol. The van der Waals surface area contributed by atoms with Gasteiger partial charge in [0, 0.05) is 6.54 Å². The monoisotopic (exact) mass is 355 g/mol. The van der Waals surface area contributed by atoms with E-state index in [0.717, 1.165) is 11.3 Å². The van der Waals surface area contributed by atoms with Crippen molar-refractivity contribution in [2.75, 3.05) is 13.1 Å². The number of halogens is 1. The van der Waals surface area contributed by atoms with Crippen LogP contribution in [0.3, 0.4) is 0 Å². The van der Waals surface area contributed by atoms with Crippen molar-refractivity contribution in [1.29, 1.82) is 0 Å². The van der Waals surface area contributed by atoms with Crippen molar-refractivity contribution in [2.45, 2.75) is 36.4 Å². The molecule has 0 atom stereocenters. The van der Waals surface area contributed by atoms with Crippen LogP contribution in [-0.2, 0) is 14.8 Å². The summed E-state index contributed by atoms with van der Waals surface area (Å²) in [5.74, 6) is -0.376. The van der Waals surface area contributed by atoms with Crippen molar-refractivity contribution >= 4 is 39.7 Å². The molecule has 1 heterocycles. The summed E-state index contributed by atoms with van der Waals surface area (Å²) in [7, 11) is -3.61. The molecular formula is C12H22ClN3O3S2. The molecule has 21 heavy (non-hydrogen) atoms. The lowest BCUT2D eigenvalue weighted by molar-refractivity contribution is -0.121. The standard InChI is InChI=1S/C12H21N3O3S2.ClH/c1-3-12(4-2,9-13)15-10(16)8-14-20(17,18)11-6-5-7-19-11;/h5-7,14H,3-4,8-9,13H2,1-2H3,(H,15,16);1H. The van der Waals surface area contributed by atoms with Gasteiger partial charge in [0.2, 0.25) is 5.91 Å². The number of thiophene rings is 1. The topological polar surface area (TPSA) is 101 Å².